The molecule has 0 fully saturated rings. The number of carbonyl (C=O) groups excluding carboxylic acids is 2. The maximum Gasteiger partial charge on any atom is 0.309 e. The molecule has 0 radical (unpaired) electrons. The molecule has 2 atom stereocenters. The van der Waals surface area contributed by atoms with Crippen molar-refractivity contribution in [1.29, 1.82) is 0 Å². The summed E-state index contributed by atoms with van der Waals surface area (Å²) in [4.78, 5) is 24.1. The molecular weight excluding hydrogens is 302 g/mol. The Labute approximate surface area is 144 Å². The third-order valence-electron chi connectivity index (χ3n) is 3.66. The molecule has 0 saturated carbocycles. The fourth-order valence-corrected chi connectivity index (χ4v) is 2.23. The lowest BCUT2D eigenvalue weighted by Crippen LogP contribution is -2.32. The molecule has 130 valence electrons. The molecule has 4 heteroatoms. The highest BCUT2D eigenvalue weighted by Crippen LogP contribution is 2.15. The number of esters is 1. The van der Waals surface area contributed by atoms with Gasteiger partial charge < -0.3 is 10.1 Å². The van der Waals surface area contributed by atoms with Gasteiger partial charge in [0.25, 0.3) is 0 Å². The summed E-state index contributed by atoms with van der Waals surface area (Å²) < 4.78 is 5.38. The number of carbonyl (C=O) groups is 2. The molecule has 4 nitrogen and oxygen atoms in total. The number of benzene rings is 1. The number of allylic oxidation sites excluding steroid dienone is 2. The molecule has 0 aliphatic rings. The first kappa shape index (κ1) is 19.7. The van der Waals surface area contributed by atoms with Crippen LogP contribution < -0.4 is 5.32 Å². The Bertz CT molecular complexity index is 539. The van der Waals surface area contributed by atoms with Crippen molar-refractivity contribution in [3.63, 3.8) is 0 Å². The lowest BCUT2D eigenvalue weighted by atomic mass is 10.1. The highest BCUT2D eigenvalue weighted by molar-refractivity contribution is 5.76. The predicted molar refractivity (Wildman–Crippen MR) is 96.3 cm³/mol. The molecule has 0 bridgehead atoms. The summed E-state index contributed by atoms with van der Waals surface area (Å²) in [6.07, 6.45) is 6.05. The van der Waals surface area contributed by atoms with Gasteiger partial charge in [0.15, 0.2) is 0 Å². The van der Waals surface area contributed by atoms with Gasteiger partial charge in [0.1, 0.15) is 6.61 Å². The minimum atomic E-state index is -0.345. The highest BCUT2D eigenvalue weighted by atomic mass is 16.5. The monoisotopic (exact) mass is 329 g/mol. The standard InChI is InChI=1S/C20H27NO3/c1-4-6-8-14-19(22)21-18(17-12-9-7-10-13-17)15-24-20(23)16(3)11-5-2/h4-5,7,9-10,12-13,16,18H,1-2,6,8,11,14-15H2,3H3,(H,21,22). The van der Waals surface area contributed by atoms with Crippen LogP contribution >= 0.6 is 0 Å². The third-order valence-corrected chi connectivity index (χ3v) is 3.66. The van der Waals surface area contributed by atoms with Crippen molar-refractivity contribution in [2.75, 3.05) is 6.61 Å². The summed E-state index contributed by atoms with van der Waals surface area (Å²) in [5.74, 6) is -0.570. The summed E-state index contributed by atoms with van der Waals surface area (Å²) >= 11 is 0. The Hall–Kier alpha value is -2.36. The van der Waals surface area contributed by atoms with E-state index in [1.807, 2.05) is 30.3 Å². The summed E-state index contributed by atoms with van der Waals surface area (Å²) in [6, 6.07) is 9.18. The second kappa shape index (κ2) is 11.2. The van der Waals surface area contributed by atoms with Crippen molar-refractivity contribution in [2.45, 2.75) is 38.6 Å². The molecule has 1 amide bonds. The summed E-state index contributed by atoms with van der Waals surface area (Å²) in [6.45, 7) is 9.20. The zero-order valence-corrected chi connectivity index (χ0v) is 14.4. The van der Waals surface area contributed by atoms with Gasteiger partial charge in [-0.25, -0.2) is 0 Å². The second-order valence-corrected chi connectivity index (χ2v) is 5.77. The van der Waals surface area contributed by atoms with E-state index < -0.39 is 0 Å². The van der Waals surface area contributed by atoms with Gasteiger partial charge in [0.05, 0.1) is 12.0 Å². The fraction of sp³-hybridized carbons (Fsp3) is 0.400. The Kier molecular flexibility index (Phi) is 9.20. The minimum absolute atomic E-state index is 0.0547. The molecule has 1 aromatic carbocycles. The van der Waals surface area contributed by atoms with Gasteiger partial charge in [-0.05, 0) is 24.8 Å². The van der Waals surface area contributed by atoms with Gasteiger partial charge in [-0.2, -0.15) is 0 Å². The molecule has 1 N–H and O–H groups in total. The van der Waals surface area contributed by atoms with E-state index in [9.17, 15) is 9.59 Å². The van der Waals surface area contributed by atoms with Gasteiger partial charge in [-0.1, -0.05) is 49.4 Å². The van der Waals surface area contributed by atoms with Crippen LogP contribution in [0.25, 0.3) is 0 Å². The number of nitrogens with one attached hydrogen (secondary N) is 1. The summed E-state index contributed by atoms with van der Waals surface area (Å²) in [7, 11) is 0. The Morgan fingerprint density at radius 1 is 1.21 bits per heavy atom. The topological polar surface area (TPSA) is 55.4 Å². The number of hydrogen-bond acceptors (Lipinski definition) is 3. The van der Waals surface area contributed by atoms with Crippen molar-refractivity contribution in [3.8, 4) is 0 Å². The SMILES string of the molecule is C=CCCCC(=O)NC(COC(=O)C(C)CC=C)c1ccccc1. The number of unbranched alkanes of at least 4 members (excludes halogenated alkanes) is 1. The zero-order valence-electron chi connectivity index (χ0n) is 14.4. The van der Waals surface area contributed by atoms with Gasteiger partial charge in [0.2, 0.25) is 5.91 Å². The van der Waals surface area contributed by atoms with Crippen LogP contribution in [0, 0.1) is 5.92 Å². The average Bonchev–Trinajstić information content (AvgIpc) is 2.59. The molecular formula is C20H27NO3. The maximum absolute atomic E-state index is 12.1. The molecule has 0 spiro atoms. The second-order valence-electron chi connectivity index (χ2n) is 5.77. The Morgan fingerprint density at radius 2 is 1.92 bits per heavy atom. The molecule has 0 aromatic heterocycles. The molecule has 0 aliphatic heterocycles. The number of amides is 1. The van der Waals surface area contributed by atoms with Gasteiger partial charge in [-0.15, -0.1) is 13.2 Å². The first-order valence-corrected chi connectivity index (χ1v) is 8.31. The van der Waals surface area contributed by atoms with Crippen LogP contribution in [0.15, 0.2) is 55.6 Å². The normalized spacial score (nSPS) is 12.7. The molecule has 1 aromatic rings. The molecule has 0 heterocycles. The van der Waals surface area contributed by atoms with Gasteiger partial charge in [-0.3, -0.25) is 9.59 Å². The van der Waals surface area contributed by atoms with E-state index in [4.69, 9.17) is 4.74 Å². The van der Waals surface area contributed by atoms with Crippen LogP contribution in [0.2, 0.25) is 0 Å². The Balaban J connectivity index is 2.65. The van der Waals surface area contributed by atoms with Crippen LogP contribution in [0.5, 0.6) is 0 Å². The smallest absolute Gasteiger partial charge is 0.309 e. The minimum Gasteiger partial charge on any atom is -0.463 e. The molecule has 24 heavy (non-hydrogen) atoms. The van der Waals surface area contributed by atoms with Crippen LogP contribution in [0.4, 0.5) is 0 Å². The lowest BCUT2D eigenvalue weighted by molar-refractivity contribution is -0.149. The van der Waals surface area contributed by atoms with Crippen molar-refractivity contribution in [3.05, 3.63) is 61.2 Å². The van der Waals surface area contributed by atoms with E-state index in [-0.39, 0.29) is 30.4 Å². The first-order chi connectivity index (χ1) is 11.6. The van der Waals surface area contributed by atoms with E-state index in [1.54, 1.807) is 19.1 Å². The van der Waals surface area contributed by atoms with Crippen LogP contribution in [0.1, 0.15) is 44.2 Å². The van der Waals surface area contributed by atoms with E-state index in [2.05, 4.69) is 18.5 Å². The van der Waals surface area contributed by atoms with Crippen LogP contribution in [-0.2, 0) is 14.3 Å². The number of hydrogen-bond donors (Lipinski definition) is 1. The van der Waals surface area contributed by atoms with E-state index in [1.165, 1.54) is 0 Å². The fourth-order valence-electron chi connectivity index (χ4n) is 2.23. The van der Waals surface area contributed by atoms with Crippen molar-refractivity contribution in [1.82, 2.24) is 5.32 Å². The molecule has 2 unspecified atom stereocenters. The average molecular weight is 329 g/mol. The molecule has 1 rings (SSSR count). The largest absolute Gasteiger partial charge is 0.463 e. The summed E-state index contributed by atoms with van der Waals surface area (Å²) in [5.41, 5.74) is 0.916. The number of rotatable bonds is 11. The van der Waals surface area contributed by atoms with Crippen LogP contribution in [0.3, 0.4) is 0 Å². The van der Waals surface area contributed by atoms with Crippen LogP contribution in [-0.4, -0.2) is 18.5 Å². The van der Waals surface area contributed by atoms with E-state index in [0.29, 0.717) is 12.8 Å². The molecule has 0 saturated heterocycles. The van der Waals surface area contributed by atoms with Gasteiger partial charge >= 0.3 is 5.97 Å². The molecule has 0 aliphatic carbocycles. The zero-order chi connectivity index (χ0) is 17.8. The first-order valence-electron chi connectivity index (χ1n) is 8.31. The van der Waals surface area contributed by atoms with Crippen molar-refractivity contribution >= 4 is 11.9 Å². The van der Waals surface area contributed by atoms with E-state index >= 15 is 0 Å². The van der Waals surface area contributed by atoms with Crippen molar-refractivity contribution in [2.24, 2.45) is 5.92 Å². The predicted octanol–water partition coefficient (Wildman–Crippen LogP) is 3.96. The van der Waals surface area contributed by atoms with Crippen molar-refractivity contribution < 1.29 is 14.3 Å². The quantitative estimate of drug-likeness (QED) is 0.380. The number of ether oxygens (including phenoxy) is 1. The highest BCUT2D eigenvalue weighted by Gasteiger charge is 2.19. The van der Waals surface area contributed by atoms with Gasteiger partial charge in [0, 0.05) is 6.42 Å². The Morgan fingerprint density at radius 3 is 2.54 bits per heavy atom. The maximum atomic E-state index is 12.1. The third kappa shape index (κ3) is 7.27. The van der Waals surface area contributed by atoms with E-state index in [0.717, 1.165) is 18.4 Å². The lowest BCUT2D eigenvalue weighted by Gasteiger charge is -2.20. The summed E-state index contributed by atoms with van der Waals surface area (Å²) in [5, 5.41) is 2.95.